The van der Waals surface area contributed by atoms with E-state index in [9.17, 15) is 0 Å². The molecule has 0 unspecified atom stereocenters. The van der Waals surface area contributed by atoms with Gasteiger partial charge in [0.15, 0.2) is 0 Å². The van der Waals surface area contributed by atoms with Crippen LogP contribution in [0, 0.1) is 0 Å². The molecule has 0 atom stereocenters. The first-order valence-electron chi connectivity index (χ1n) is 7.81. The Morgan fingerprint density at radius 1 is 1.00 bits per heavy atom. The zero-order chi connectivity index (χ0) is 17.4. The summed E-state index contributed by atoms with van der Waals surface area (Å²) in [5, 5.41) is 8.41. The van der Waals surface area contributed by atoms with Gasteiger partial charge >= 0.3 is 0 Å². The predicted octanol–water partition coefficient (Wildman–Crippen LogP) is 4.92. The highest BCUT2D eigenvalue weighted by molar-refractivity contribution is 6.36. The standard InChI is InChI=1S/C18H21Cl3N2O/c1-22-8-3-9-23-11-13-10-14(19)6-7-18(13)24-12-15-16(20)4-2-5-17(15)21/h2,4-7,10,22-23H,3,8-9,11-12H2,1H3. The Bertz CT molecular complexity index is 644. The summed E-state index contributed by atoms with van der Waals surface area (Å²) in [6.45, 7) is 2.91. The first kappa shape index (κ1) is 19.4. The van der Waals surface area contributed by atoms with Crippen LogP contribution in [-0.4, -0.2) is 20.1 Å². The molecule has 0 aromatic heterocycles. The Hall–Kier alpha value is -0.970. The number of halogens is 3. The average molecular weight is 388 g/mol. The summed E-state index contributed by atoms with van der Waals surface area (Å²) in [5.41, 5.74) is 1.79. The predicted molar refractivity (Wildman–Crippen MR) is 102 cm³/mol. The van der Waals surface area contributed by atoms with E-state index in [1.165, 1.54) is 0 Å². The fourth-order valence-corrected chi connectivity index (χ4v) is 2.96. The Morgan fingerprint density at radius 2 is 1.75 bits per heavy atom. The fourth-order valence-electron chi connectivity index (χ4n) is 2.26. The molecule has 0 aliphatic carbocycles. The average Bonchev–Trinajstić information content (AvgIpc) is 2.56. The molecule has 0 bridgehead atoms. The van der Waals surface area contributed by atoms with Crippen molar-refractivity contribution in [3.63, 3.8) is 0 Å². The number of hydrogen-bond donors (Lipinski definition) is 2. The van der Waals surface area contributed by atoms with Crippen LogP contribution < -0.4 is 15.4 Å². The van der Waals surface area contributed by atoms with Crippen LogP contribution in [0.25, 0.3) is 0 Å². The highest BCUT2D eigenvalue weighted by Gasteiger charge is 2.09. The Morgan fingerprint density at radius 3 is 2.46 bits per heavy atom. The minimum atomic E-state index is 0.312. The number of hydrogen-bond acceptors (Lipinski definition) is 3. The van der Waals surface area contributed by atoms with Crippen molar-refractivity contribution in [2.24, 2.45) is 0 Å². The summed E-state index contributed by atoms with van der Waals surface area (Å²) in [6.07, 6.45) is 1.06. The van der Waals surface area contributed by atoms with E-state index in [1.807, 2.05) is 31.3 Å². The van der Waals surface area contributed by atoms with E-state index in [1.54, 1.807) is 12.1 Å². The van der Waals surface area contributed by atoms with E-state index in [0.717, 1.165) is 36.4 Å². The van der Waals surface area contributed by atoms with Gasteiger partial charge in [-0.25, -0.2) is 0 Å². The van der Waals surface area contributed by atoms with E-state index in [4.69, 9.17) is 39.5 Å². The molecule has 3 nitrogen and oxygen atoms in total. The molecule has 0 saturated heterocycles. The monoisotopic (exact) mass is 386 g/mol. The van der Waals surface area contributed by atoms with E-state index < -0.39 is 0 Å². The Labute approximate surface area is 158 Å². The van der Waals surface area contributed by atoms with Crippen LogP contribution in [0.5, 0.6) is 5.75 Å². The zero-order valence-corrected chi connectivity index (χ0v) is 15.8. The van der Waals surface area contributed by atoms with Gasteiger partial charge in [0.2, 0.25) is 0 Å². The van der Waals surface area contributed by atoms with Gasteiger partial charge in [-0.1, -0.05) is 40.9 Å². The molecule has 2 aromatic carbocycles. The van der Waals surface area contributed by atoms with Gasteiger partial charge in [-0.05, 0) is 56.9 Å². The molecular weight excluding hydrogens is 367 g/mol. The van der Waals surface area contributed by atoms with E-state index in [-0.39, 0.29) is 0 Å². The maximum Gasteiger partial charge on any atom is 0.124 e. The van der Waals surface area contributed by atoms with Crippen molar-refractivity contribution in [1.82, 2.24) is 10.6 Å². The van der Waals surface area contributed by atoms with Crippen molar-refractivity contribution in [3.8, 4) is 5.75 Å². The molecule has 2 aromatic rings. The van der Waals surface area contributed by atoms with Crippen LogP contribution in [-0.2, 0) is 13.2 Å². The van der Waals surface area contributed by atoms with E-state index in [2.05, 4.69) is 10.6 Å². The molecule has 24 heavy (non-hydrogen) atoms. The van der Waals surface area contributed by atoms with Gasteiger partial charge in [-0.3, -0.25) is 0 Å². The highest BCUT2D eigenvalue weighted by Crippen LogP contribution is 2.28. The molecule has 2 N–H and O–H groups in total. The molecule has 0 fully saturated rings. The minimum absolute atomic E-state index is 0.312. The van der Waals surface area contributed by atoms with Crippen molar-refractivity contribution in [3.05, 3.63) is 62.6 Å². The lowest BCUT2D eigenvalue weighted by molar-refractivity contribution is 0.302. The summed E-state index contributed by atoms with van der Waals surface area (Å²) < 4.78 is 5.94. The minimum Gasteiger partial charge on any atom is -0.488 e. The molecule has 6 heteroatoms. The second-order valence-corrected chi connectivity index (χ2v) is 6.63. The van der Waals surface area contributed by atoms with E-state index >= 15 is 0 Å². The van der Waals surface area contributed by atoms with Gasteiger partial charge in [0.1, 0.15) is 12.4 Å². The summed E-state index contributed by atoms with van der Waals surface area (Å²) >= 11 is 18.5. The van der Waals surface area contributed by atoms with Crippen LogP contribution in [0.4, 0.5) is 0 Å². The maximum absolute atomic E-state index is 6.19. The number of rotatable bonds is 9. The third-order valence-corrected chi connectivity index (χ3v) is 4.50. The largest absolute Gasteiger partial charge is 0.488 e. The normalized spacial score (nSPS) is 10.8. The van der Waals surface area contributed by atoms with Crippen molar-refractivity contribution in [2.45, 2.75) is 19.6 Å². The maximum atomic E-state index is 6.19. The van der Waals surface area contributed by atoms with Crippen molar-refractivity contribution in [1.29, 1.82) is 0 Å². The molecule has 0 aliphatic heterocycles. The quantitative estimate of drug-likeness (QED) is 0.599. The topological polar surface area (TPSA) is 33.3 Å². The first-order valence-corrected chi connectivity index (χ1v) is 8.94. The van der Waals surface area contributed by atoms with Crippen LogP contribution in [0.2, 0.25) is 15.1 Å². The molecule has 0 radical (unpaired) electrons. The summed E-state index contributed by atoms with van der Waals surface area (Å²) in [6, 6.07) is 11.0. The highest BCUT2D eigenvalue weighted by atomic mass is 35.5. The molecule has 0 saturated carbocycles. The van der Waals surface area contributed by atoms with Crippen LogP contribution in [0.3, 0.4) is 0 Å². The Balaban J connectivity index is 2.01. The first-order chi connectivity index (χ1) is 11.6. The van der Waals surface area contributed by atoms with E-state index in [0.29, 0.717) is 28.2 Å². The lowest BCUT2D eigenvalue weighted by atomic mass is 10.2. The van der Waals surface area contributed by atoms with Gasteiger partial charge in [-0.15, -0.1) is 0 Å². The SMILES string of the molecule is CNCCCNCc1cc(Cl)ccc1OCc1c(Cl)cccc1Cl. The molecule has 0 aliphatic rings. The molecule has 2 rings (SSSR count). The van der Waals surface area contributed by atoms with Crippen molar-refractivity contribution in [2.75, 3.05) is 20.1 Å². The van der Waals surface area contributed by atoms with Crippen LogP contribution >= 0.6 is 34.8 Å². The zero-order valence-electron chi connectivity index (χ0n) is 13.5. The summed E-state index contributed by atoms with van der Waals surface area (Å²) in [7, 11) is 1.95. The smallest absolute Gasteiger partial charge is 0.124 e. The van der Waals surface area contributed by atoms with Gasteiger partial charge in [-0.2, -0.15) is 0 Å². The van der Waals surface area contributed by atoms with Crippen molar-refractivity contribution >= 4 is 34.8 Å². The van der Waals surface area contributed by atoms with Crippen LogP contribution in [0.15, 0.2) is 36.4 Å². The van der Waals surface area contributed by atoms with Gasteiger partial charge in [0.25, 0.3) is 0 Å². The van der Waals surface area contributed by atoms with Gasteiger partial charge in [0, 0.05) is 32.7 Å². The third kappa shape index (κ3) is 5.83. The molecule has 0 amide bonds. The summed E-state index contributed by atoms with van der Waals surface area (Å²) in [5.74, 6) is 0.775. The van der Waals surface area contributed by atoms with Gasteiger partial charge in [0.05, 0.1) is 0 Å². The molecule has 0 heterocycles. The van der Waals surface area contributed by atoms with Gasteiger partial charge < -0.3 is 15.4 Å². The fraction of sp³-hybridized carbons (Fsp3) is 0.333. The number of ether oxygens (including phenoxy) is 1. The molecular formula is C18H21Cl3N2O. The van der Waals surface area contributed by atoms with Crippen molar-refractivity contribution < 1.29 is 4.74 Å². The third-order valence-electron chi connectivity index (χ3n) is 3.55. The Kier molecular flexibility index (Phi) is 8.16. The second kappa shape index (κ2) is 10.1. The lowest BCUT2D eigenvalue weighted by Gasteiger charge is -2.14. The van der Waals surface area contributed by atoms with Crippen LogP contribution in [0.1, 0.15) is 17.5 Å². The number of nitrogens with one attached hydrogen (secondary N) is 2. The number of benzene rings is 2. The molecule has 0 spiro atoms. The lowest BCUT2D eigenvalue weighted by Crippen LogP contribution is -2.19. The summed E-state index contributed by atoms with van der Waals surface area (Å²) in [4.78, 5) is 0. The second-order valence-electron chi connectivity index (χ2n) is 5.37. The molecule has 130 valence electrons.